The molecule has 0 bridgehead atoms. The molecular formula is C21H34N2O3. The standard InChI is InChI=1S/C21H34N2O3/c1-20(2)21(25,18-14-10-9-11-15-18)23(19(24)26-20)17-13-8-6-4-3-5-7-12-16-22/h9-11,14-15,25H,3-8,12-13,16-17,22H2,1-2H3. The van der Waals surface area contributed by atoms with Crippen molar-refractivity contribution in [2.24, 2.45) is 5.73 Å². The fraction of sp³-hybridized carbons (Fsp3) is 0.667. The van der Waals surface area contributed by atoms with Crippen LogP contribution in [0.4, 0.5) is 4.79 Å². The lowest BCUT2D eigenvalue weighted by Gasteiger charge is -2.38. The van der Waals surface area contributed by atoms with E-state index in [1.807, 2.05) is 30.3 Å². The molecule has 0 radical (unpaired) electrons. The third kappa shape index (κ3) is 4.57. The van der Waals surface area contributed by atoms with Crippen LogP contribution in [0.3, 0.4) is 0 Å². The van der Waals surface area contributed by atoms with Crippen molar-refractivity contribution in [3.63, 3.8) is 0 Å². The number of ether oxygens (including phenoxy) is 1. The molecule has 1 aliphatic heterocycles. The van der Waals surface area contributed by atoms with E-state index in [0.29, 0.717) is 12.1 Å². The second-order valence-corrected chi connectivity index (χ2v) is 7.69. The summed E-state index contributed by atoms with van der Waals surface area (Å²) >= 11 is 0. The summed E-state index contributed by atoms with van der Waals surface area (Å²) in [6.45, 7) is 4.81. The largest absolute Gasteiger partial charge is 0.438 e. The van der Waals surface area contributed by atoms with Crippen molar-refractivity contribution in [2.75, 3.05) is 13.1 Å². The molecule has 1 saturated heterocycles. The molecule has 0 spiro atoms. The summed E-state index contributed by atoms with van der Waals surface area (Å²) in [4.78, 5) is 13.9. The van der Waals surface area contributed by atoms with Crippen LogP contribution < -0.4 is 5.73 Å². The summed E-state index contributed by atoms with van der Waals surface area (Å²) in [5.41, 5.74) is 3.76. The molecule has 1 atom stereocenters. The highest BCUT2D eigenvalue weighted by Crippen LogP contribution is 2.44. The van der Waals surface area contributed by atoms with Crippen molar-refractivity contribution >= 4 is 6.09 Å². The summed E-state index contributed by atoms with van der Waals surface area (Å²) < 4.78 is 5.49. The van der Waals surface area contributed by atoms with Gasteiger partial charge in [-0.15, -0.1) is 0 Å². The number of aliphatic hydroxyl groups is 1. The molecule has 26 heavy (non-hydrogen) atoms. The molecule has 1 aromatic carbocycles. The zero-order valence-corrected chi connectivity index (χ0v) is 16.2. The van der Waals surface area contributed by atoms with Crippen molar-refractivity contribution in [1.29, 1.82) is 0 Å². The Morgan fingerprint density at radius 2 is 1.50 bits per heavy atom. The minimum Gasteiger partial charge on any atom is -0.438 e. The molecule has 0 saturated carbocycles. The van der Waals surface area contributed by atoms with E-state index in [1.54, 1.807) is 13.8 Å². The van der Waals surface area contributed by atoms with Crippen molar-refractivity contribution in [3.05, 3.63) is 35.9 Å². The molecular weight excluding hydrogens is 328 g/mol. The van der Waals surface area contributed by atoms with Crippen molar-refractivity contribution < 1.29 is 14.6 Å². The molecule has 146 valence electrons. The van der Waals surface area contributed by atoms with Gasteiger partial charge in [0.2, 0.25) is 5.72 Å². The van der Waals surface area contributed by atoms with Crippen LogP contribution in [0.15, 0.2) is 30.3 Å². The molecule has 5 nitrogen and oxygen atoms in total. The molecule has 1 fully saturated rings. The zero-order chi connectivity index (χ0) is 19.0. The van der Waals surface area contributed by atoms with Gasteiger partial charge in [-0.3, -0.25) is 4.90 Å². The van der Waals surface area contributed by atoms with E-state index in [2.05, 4.69) is 0 Å². The fourth-order valence-corrected chi connectivity index (χ4v) is 3.70. The van der Waals surface area contributed by atoms with Crippen molar-refractivity contribution in [2.45, 2.75) is 76.5 Å². The first kappa shape index (κ1) is 20.7. The first-order valence-electron chi connectivity index (χ1n) is 9.92. The number of carbonyl (C=O) groups excluding carboxylic acids is 1. The Labute approximate surface area is 157 Å². The van der Waals surface area contributed by atoms with Gasteiger partial charge < -0.3 is 15.6 Å². The molecule has 1 amide bonds. The van der Waals surface area contributed by atoms with E-state index in [0.717, 1.165) is 32.2 Å². The normalized spacial score (nSPS) is 21.8. The molecule has 1 aromatic rings. The Morgan fingerprint density at radius 3 is 2.08 bits per heavy atom. The Kier molecular flexibility index (Phi) is 7.47. The highest BCUT2D eigenvalue weighted by atomic mass is 16.6. The van der Waals surface area contributed by atoms with E-state index in [-0.39, 0.29) is 0 Å². The van der Waals surface area contributed by atoms with Crippen LogP contribution in [0, 0.1) is 0 Å². The lowest BCUT2D eigenvalue weighted by Crippen LogP contribution is -2.53. The maximum absolute atomic E-state index is 12.4. The van der Waals surface area contributed by atoms with Crippen LogP contribution in [0.1, 0.15) is 70.8 Å². The third-order valence-corrected chi connectivity index (χ3v) is 5.31. The minimum absolute atomic E-state index is 0.442. The van der Waals surface area contributed by atoms with Gasteiger partial charge in [0.25, 0.3) is 0 Å². The second kappa shape index (κ2) is 9.38. The van der Waals surface area contributed by atoms with Crippen LogP contribution in [0.2, 0.25) is 0 Å². The molecule has 1 aliphatic rings. The average Bonchev–Trinajstić information content (AvgIpc) is 2.80. The number of unbranched alkanes of at least 4 members (excludes halogenated alkanes) is 7. The number of benzene rings is 1. The van der Waals surface area contributed by atoms with Gasteiger partial charge in [0.15, 0.2) is 5.60 Å². The first-order chi connectivity index (χ1) is 12.4. The summed E-state index contributed by atoms with van der Waals surface area (Å²) in [5.74, 6) is 0. The molecule has 0 aromatic heterocycles. The Morgan fingerprint density at radius 1 is 0.962 bits per heavy atom. The summed E-state index contributed by atoms with van der Waals surface area (Å²) in [6, 6.07) is 9.33. The topological polar surface area (TPSA) is 75.8 Å². The van der Waals surface area contributed by atoms with Gasteiger partial charge in [0, 0.05) is 12.1 Å². The number of nitrogens with two attached hydrogens (primary N) is 1. The summed E-state index contributed by atoms with van der Waals surface area (Å²) in [7, 11) is 0. The maximum Gasteiger partial charge on any atom is 0.413 e. The Hall–Kier alpha value is -1.59. The van der Waals surface area contributed by atoms with Crippen LogP contribution in [0.5, 0.6) is 0 Å². The monoisotopic (exact) mass is 362 g/mol. The predicted molar refractivity (Wildman–Crippen MR) is 104 cm³/mol. The van der Waals surface area contributed by atoms with Gasteiger partial charge in [-0.05, 0) is 33.2 Å². The SMILES string of the molecule is CC1(C)OC(=O)N(CCCCCCCCCCN)C1(O)c1ccccc1. The number of cyclic esters (lactones) is 1. The Balaban J connectivity index is 1.86. The highest BCUT2D eigenvalue weighted by Gasteiger charge is 2.60. The molecule has 2 rings (SSSR count). The van der Waals surface area contributed by atoms with Crippen LogP contribution in [-0.2, 0) is 10.5 Å². The van der Waals surface area contributed by atoms with Crippen LogP contribution in [0.25, 0.3) is 0 Å². The molecule has 3 N–H and O–H groups in total. The van der Waals surface area contributed by atoms with E-state index in [1.165, 1.54) is 30.6 Å². The molecule has 0 aliphatic carbocycles. The van der Waals surface area contributed by atoms with Gasteiger partial charge in [0.05, 0.1) is 0 Å². The average molecular weight is 363 g/mol. The lowest BCUT2D eigenvalue weighted by atomic mass is 9.87. The van der Waals surface area contributed by atoms with E-state index in [4.69, 9.17) is 10.5 Å². The molecule has 5 heteroatoms. The maximum atomic E-state index is 12.4. The van der Waals surface area contributed by atoms with Gasteiger partial charge in [-0.2, -0.15) is 0 Å². The second-order valence-electron chi connectivity index (χ2n) is 7.69. The summed E-state index contributed by atoms with van der Waals surface area (Å²) in [5, 5.41) is 11.4. The van der Waals surface area contributed by atoms with E-state index >= 15 is 0 Å². The Bertz CT molecular complexity index is 562. The van der Waals surface area contributed by atoms with Crippen LogP contribution in [-0.4, -0.2) is 34.8 Å². The summed E-state index contributed by atoms with van der Waals surface area (Å²) in [6.07, 6.45) is 8.66. The third-order valence-electron chi connectivity index (χ3n) is 5.31. The lowest BCUT2D eigenvalue weighted by molar-refractivity contribution is -0.149. The highest BCUT2D eigenvalue weighted by molar-refractivity contribution is 5.72. The minimum atomic E-state index is -1.44. The fourth-order valence-electron chi connectivity index (χ4n) is 3.70. The first-order valence-corrected chi connectivity index (χ1v) is 9.92. The van der Waals surface area contributed by atoms with Crippen LogP contribution >= 0.6 is 0 Å². The number of carbonyl (C=O) groups is 1. The molecule has 1 heterocycles. The van der Waals surface area contributed by atoms with Gasteiger partial charge in [-0.25, -0.2) is 4.79 Å². The van der Waals surface area contributed by atoms with Gasteiger partial charge >= 0.3 is 6.09 Å². The molecule has 1 unspecified atom stereocenters. The van der Waals surface area contributed by atoms with Crippen molar-refractivity contribution in [1.82, 2.24) is 4.90 Å². The van der Waals surface area contributed by atoms with Gasteiger partial charge in [-0.1, -0.05) is 68.9 Å². The number of amides is 1. The van der Waals surface area contributed by atoms with Crippen molar-refractivity contribution in [3.8, 4) is 0 Å². The number of hydrogen-bond acceptors (Lipinski definition) is 4. The number of rotatable bonds is 11. The quantitative estimate of drug-likeness (QED) is 0.580. The van der Waals surface area contributed by atoms with E-state index in [9.17, 15) is 9.90 Å². The number of hydrogen-bond donors (Lipinski definition) is 2. The number of nitrogens with zero attached hydrogens (tertiary/aromatic N) is 1. The predicted octanol–water partition coefficient (Wildman–Crippen LogP) is 4.14. The van der Waals surface area contributed by atoms with E-state index < -0.39 is 17.4 Å². The zero-order valence-electron chi connectivity index (χ0n) is 16.2. The smallest absolute Gasteiger partial charge is 0.413 e. The van der Waals surface area contributed by atoms with Gasteiger partial charge in [0.1, 0.15) is 0 Å².